The second kappa shape index (κ2) is 5.83. The molecule has 0 N–H and O–H groups in total. The zero-order chi connectivity index (χ0) is 7.11. The fourth-order valence-electron chi connectivity index (χ4n) is 0.608. The Kier molecular flexibility index (Phi) is 5.64. The van der Waals surface area contributed by atoms with E-state index in [9.17, 15) is 0 Å². The predicted molar refractivity (Wildman–Crippen MR) is 40.2 cm³/mol. The van der Waals surface area contributed by atoms with Crippen molar-refractivity contribution < 1.29 is 4.74 Å². The molecule has 0 rings (SSSR count). The summed E-state index contributed by atoms with van der Waals surface area (Å²) in [7, 11) is 1.69. The lowest BCUT2D eigenvalue weighted by molar-refractivity contribution is 0.130. The van der Waals surface area contributed by atoms with Crippen LogP contribution in [0.5, 0.6) is 0 Å². The van der Waals surface area contributed by atoms with Gasteiger partial charge in [-0.3, -0.25) is 0 Å². The average molecular weight is 127 g/mol. The van der Waals surface area contributed by atoms with E-state index in [-0.39, 0.29) is 6.10 Å². The monoisotopic (exact) mass is 127 g/mol. The Labute approximate surface area is 57.7 Å². The van der Waals surface area contributed by atoms with Gasteiger partial charge in [-0.05, 0) is 26.2 Å². The molecule has 0 aromatic rings. The summed E-state index contributed by atoms with van der Waals surface area (Å²) in [6.07, 6.45) is 5.30. The topological polar surface area (TPSA) is 9.23 Å². The van der Waals surface area contributed by atoms with Gasteiger partial charge < -0.3 is 4.74 Å². The van der Waals surface area contributed by atoms with Crippen molar-refractivity contribution in [1.29, 1.82) is 0 Å². The molecule has 9 heavy (non-hydrogen) atoms. The van der Waals surface area contributed by atoms with Crippen LogP contribution in [0.15, 0.2) is 12.7 Å². The maximum atomic E-state index is 4.95. The van der Waals surface area contributed by atoms with Crippen LogP contribution >= 0.6 is 0 Å². The first-order valence-corrected chi connectivity index (χ1v) is 3.28. The van der Waals surface area contributed by atoms with E-state index in [2.05, 4.69) is 13.5 Å². The molecule has 0 saturated carbocycles. The first-order valence-electron chi connectivity index (χ1n) is 3.28. The fourth-order valence-corrected chi connectivity index (χ4v) is 0.608. The van der Waals surface area contributed by atoms with Gasteiger partial charge in [-0.25, -0.2) is 0 Å². The first kappa shape index (κ1) is 8.70. The number of hydrogen-bond donors (Lipinski definition) is 0. The van der Waals surface area contributed by atoms with E-state index in [0.717, 1.165) is 19.3 Å². The van der Waals surface area contributed by atoms with Gasteiger partial charge in [-0.15, -0.1) is 6.58 Å². The molecule has 0 fully saturated rings. The second-order valence-electron chi connectivity index (χ2n) is 2.08. The Morgan fingerprint density at radius 1 is 1.67 bits per heavy atom. The smallest absolute Gasteiger partial charge is 0.0572 e. The molecule has 1 nitrogen and oxygen atoms in total. The number of rotatable bonds is 5. The molecule has 0 bridgehead atoms. The van der Waals surface area contributed by atoms with Crippen molar-refractivity contribution in [3.63, 3.8) is 0 Å². The molecule has 0 aliphatic rings. The van der Waals surface area contributed by atoms with Gasteiger partial charge in [0.1, 0.15) is 0 Å². The van der Waals surface area contributed by atoms with Crippen LogP contribution in [0, 0.1) is 6.92 Å². The molecule has 0 heterocycles. The molecule has 0 aliphatic heterocycles. The standard InChI is InChI=1S/C8H15O/c1-4-5-6-7-8(2)9-3/h4,8H,1-2,5-7H2,3H3. The van der Waals surface area contributed by atoms with Crippen LogP contribution in [0.1, 0.15) is 19.3 Å². The van der Waals surface area contributed by atoms with Crippen molar-refractivity contribution in [3.8, 4) is 0 Å². The lowest BCUT2D eigenvalue weighted by atomic mass is 10.2. The minimum atomic E-state index is 0.157. The summed E-state index contributed by atoms with van der Waals surface area (Å²) in [6.45, 7) is 7.39. The molecular formula is C8H15O. The fraction of sp³-hybridized carbons (Fsp3) is 0.625. The highest BCUT2D eigenvalue weighted by Gasteiger charge is 1.95. The highest BCUT2D eigenvalue weighted by Crippen LogP contribution is 2.02. The van der Waals surface area contributed by atoms with E-state index in [0.29, 0.717) is 0 Å². The molecule has 0 aromatic heterocycles. The largest absolute Gasteiger partial charge is 0.381 e. The minimum Gasteiger partial charge on any atom is -0.381 e. The van der Waals surface area contributed by atoms with Crippen LogP contribution in [0.3, 0.4) is 0 Å². The first-order chi connectivity index (χ1) is 4.31. The van der Waals surface area contributed by atoms with Crippen LogP contribution in [0.25, 0.3) is 0 Å². The van der Waals surface area contributed by atoms with E-state index in [4.69, 9.17) is 4.74 Å². The van der Waals surface area contributed by atoms with Crippen LogP contribution < -0.4 is 0 Å². The second-order valence-corrected chi connectivity index (χ2v) is 2.08. The van der Waals surface area contributed by atoms with Gasteiger partial charge in [-0.1, -0.05) is 6.08 Å². The lowest BCUT2D eigenvalue weighted by Crippen LogP contribution is -2.03. The van der Waals surface area contributed by atoms with Crippen LogP contribution in [-0.2, 0) is 4.74 Å². The van der Waals surface area contributed by atoms with Crippen molar-refractivity contribution in [2.45, 2.75) is 25.4 Å². The number of hydrogen-bond acceptors (Lipinski definition) is 1. The van der Waals surface area contributed by atoms with Crippen LogP contribution in [0.2, 0.25) is 0 Å². The third-order valence-corrected chi connectivity index (χ3v) is 1.27. The van der Waals surface area contributed by atoms with E-state index in [1.165, 1.54) is 0 Å². The van der Waals surface area contributed by atoms with Gasteiger partial charge >= 0.3 is 0 Å². The van der Waals surface area contributed by atoms with Gasteiger partial charge in [0, 0.05) is 7.11 Å². The SMILES string of the molecule is [CH2]C(CCCC=C)OC. The predicted octanol–water partition coefficient (Wildman–Crippen LogP) is 2.19. The molecule has 0 spiro atoms. The Morgan fingerprint density at radius 3 is 2.78 bits per heavy atom. The maximum Gasteiger partial charge on any atom is 0.0572 e. The summed E-state index contributed by atoms with van der Waals surface area (Å²) in [5, 5.41) is 0. The van der Waals surface area contributed by atoms with Crippen LogP contribution in [-0.4, -0.2) is 13.2 Å². The highest BCUT2D eigenvalue weighted by atomic mass is 16.5. The minimum absolute atomic E-state index is 0.157. The average Bonchev–Trinajstić information content (AvgIpc) is 1.89. The third kappa shape index (κ3) is 5.57. The Balaban J connectivity index is 2.96. The Hall–Kier alpha value is -0.300. The molecule has 0 aromatic carbocycles. The van der Waals surface area contributed by atoms with Crippen molar-refractivity contribution in [1.82, 2.24) is 0 Å². The quantitative estimate of drug-likeness (QED) is 0.406. The van der Waals surface area contributed by atoms with Crippen molar-refractivity contribution in [2.75, 3.05) is 7.11 Å². The number of ether oxygens (including phenoxy) is 1. The van der Waals surface area contributed by atoms with E-state index in [1.54, 1.807) is 7.11 Å². The summed E-state index contributed by atoms with van der Waals surface area (Å²) < 4.78 is 4.95. The summed E-state index contributed by atoms with van der Waals surface area (Å²) >= 11 is 0. The lowest BCUT2D eigenvalue weighted by Gasteiger charge is -2.06. The molecule has 1 atom stereocenters. The summed E-state index contributed by atoms with van der Waals surface area (Å²) in [4.78, 5) is 0. The van der Waals surface area contributed by atoms with Gasteiger partial charge in [0.05, 0.1) is 6.10 Å². The van der Waals surface area contributed by atoms with E-state index in [1.807, 2.05) is 6.08 Å². The number of allylic oxidation sites excluding steroid dienone is 1. The molecule has 0 amide bonds. The molecule has 53 valence electrons. The third-order valence-electron chi connectivity index (χ3n) is 1.27. The van der Waals surface area contributed by atoms with Crippen molar-refractivity contribution in [3.05, 3.63) is 19.6 Å². The maximum absolute atomic E-state index is 4.95. The van der Waals surface area contributed by atoms with Crippen molar-refractivity contribution >= 4 is 0 Å². The molecule has 0 aliphatic carbocycles. The number of methoxy groups -OCH3 is 1. The van der Waals surface area contributed by atoms with Gasteiger partial charge in [-0.2, -0.15) is 0 Å². The Bertz CT molecular complexity index is 69.0. The summed E-state index contributed by atoms with van der Waals surface area (Å²) in [5.41, 5.74) is 0. The van der Waals surface area contributed by atoms with Gasteiger partial charge in [0.2, 0.25) is 0 Å². The van der Waals surface area contributed by atoms with Gasteiger partial charge in [0.25, 0.3) is 0 Å². The molecule has 1 heteroatoms. The molecule has 1 radical (unpaired) electrons. The van der Waals surface area contributed by atoms with Crippen LogP contribution in [0.4, 0.5) is 0 Å². The van der Waals surface area contributed by atoms with E-state index >= 15 is 0 Å². The van der Waals surface area contributed by atoms with Gasteiger partial charge in [0.15, 0.2) is 0 Å². The molecule has 1 unspecified atom stereocenters. The normalized spacial score (nSPS) is 13.1. The van der Waals surface area contributed by atoms with E-state index < -0.39 is 0 Å². The zero-order valence-corrected chi connectivity index (χ0v) is 6.10. The molecule has 0 saturated heterocycles. The molecular weight excluding hydrogens is 112 g/mol. The summed E-state index contributed by atoms with van der Waals surface area (Å²) in [5.74, 6) is 0. The zero-order valence-electron chi connectivity index (χ0n) is 6.10. The highest BCUT2D eigenvalue weighted by molar-refractivity contribution is 4.68. The number of unbranched alkanes of at least 4 members (excludes halogenated alkanes) is 1. The van der Waals surface area contributed by atoms with Crippen molar-refractivity contribution in [2.24, 2.45) is 0 Å². The summed E-state index contributed by atoms with van der Waals surface area (Å²) in [6, 6.07) is 0. The Morgan fingerprint density at radius 2 is 2.33 bits per heavy atom.